The van der Waals surface area contributed by atoms with Crippen LogP contribution >= 0.6 is 0 Å². The predicted molar refractivity (Wildman–Crippen MR) is 99.3 cm³/mol. The van der Waals surface area contributed by atoms with E-state index < -0.39 is 0 Å². The quantitative estimate of drug-likeness (QED) is 0.850. The number of benzene rings is 1. The van der Waals surface area contributed by atoms with Crippen molar-refractivity contribution in [1.29, 1.82) is 0 Å². The number of amides is 1. The summed E-state index contributed by atoms with van der Waals surface area (Å²) in [6.45, 7) is 3.20. The summed E-state index contributed by atoms with van der Waals surface area (Å²) >= 11 is 0. The molecule has 1 aliphatic heterocycles. The number of hydrogen-bond acceptors (Lipinski definition) is 6. The van der Waals surface area contributed by atoms with Crippen molar-refractivity contribution in [2.45, 2.75) is 19.8 Å². The molecular weight excluding hydrogens is 332 g/mol. The Labute approximate surface area is 153 Å². The summed E-state index contributed by atoms with van der Waals surface area (Å²) in [6.07, 6.45) is 1.57. The molecule has 0 radical (unpaired) electrons. The zero-order valence-electron chi connectivity index (χ0n) is 15.6. The third-order valence-electron chi connectivity index (χ3n) is 4.52. The number of aryl methyl sites for hydroxylation is 1. The molecule has 0 atom stereocenters. The summed E-state index contributed by atoms with van der Waals surface area (Å²) in [5.74, 6) is 2.76. The van der Waals surface area contributed by atoms with Gasteiger partial charge >= 0.3 is 0 Å². The highest BCUT2D eigenvalue weighted by atomic mass is 16.5. The minimum Gasteiger partial charge on any atom is -0.493 e. The van der Waals surface area contributed by atoms with Crippen LogP contribution in [0.1, 0.15) is 27.4 Å². The van der Waals surface area contributed by atoms with Crippen molar-refractivity contribution in [2.75, 3.05) is 39.3 Å². The number of fused-ring (bicyclic) bond motifs is 1. The minimum absolute atomic E-state index is 0.119. The molecule has 0 bridgehead atoms. The normalized spacial score (nSPS) is 13.0. The van der Waals surface area contributed by atoms with Crippen LogP contribution in [0.4, 0.5) is 5.82 Å². The Bertz CT molecular complexity index is 823. The topological polar surface area (TPSA) is 76.6 Å². The molecule has 0 saturated carbocycles. The van der Waals surface area contributed by atoms with Crippen molar-refractivity contribution in [1.82, 2.24) is 15.3 Å². The van der Waals surface area contributed by atoms with E-state index in [4.69, 9.17) is 9.47 Å². The third kappa shape index (κ3) is 3.56. The standard InChI is InChI=1S/C19H24N4O3/c1-12-21-17-14(7-9-20-19(17)24)18(22-12)23(2)10-8-13-5-6-15(25-3)16(11-13)26-4/h5-6,11H,7-10H2,1-4H3,(H,20,24). The van der Waals surface area contributed by atoms with E-state index in [1.165, 1.54) is 0 Å². The van der Waals surface area contributed by atoms with Crippen molar-refractivity contribution in [3.05, 3.63) is 40.8 Å². The van der Waals surface area contributed by atoms with Gasteiger partial charge in [-0.1, -0.05) is 6.07 Å². The van der Waals surface area contributed by atoms with E-state index in [9.17, 15) is 4.79 Å². The maximum Gasteiger partial charge on any atom is 0.270 e. The van der Waals surface area contributed by atoms with Crippen LogP contribution in [0.2, 0.25) is 0 Å². The summed E-state index contributed by atoms with van der Waals surface area (Å²) in [5, 5.41) is 2.84. The second-order valence-corrected chi connectivity index (χ2v) is 6.29. The Morgan fingerprint density at radius 2 is 1.96 bits per heavy atom. The van der Waals surface area contributed by atoms with E-state index in [2.05, 4.69) is 20.2 Å². The van der Waals surface area contributed by atoms with E-state index >= 15 is 0 Å². The smallest absolute Gasteiger partial charge is 0.270 e. The molecule has 0 aliphatic carbocycles. The van der Waals surface area contributed by atoms with Gasteiger partial charge in [-0.15, -0.1) is 0 Å². The molecule has 0 unspecified atom stereocenters. The Hall–Kier alpha value is -2.83. The highest BCUT2D eigenvalue weighted by Gasteiger charge is 2.24. The van der Waals surface area contributed by atoms with Crippen LogP contribution in [0, 0.1) is 6.92 Å². The number of hydrogen-bond donors (Lipinski definition) is 1. The number of anilines is 1. The first-order valence-corrected chi connectivity index (χ1v) is 8.61. The van der Waals surface area contributed by atoms with Crippen molar-refractivity contribution >= 4 is 11.7 Å². The zero-order chi connectivity index (χ0) is 18.7. The second-order valence-electron chi connectivity index (χ2n) is 6.29. The molecule has 2 aromatic rings. The molecule has 0 saturated heterocycles. The van der Waals surface area contributed by atoms with E-state index in [1.807, 2.05) is 32.2 Å². The Morgan fingerprint density at radius 3 is 2.69 bits per heavy atom. The monoisotopic (exact) mass is 356 g/mol. The fourth-order valence-electron chi connectivity index (χ4n) is 3.14. The van der Waals surface area contributed by atoms with Crippen molar-refractivity contribution in [3.63, 3.8) is 0 Å². The summed E-state index contributed by atoms with van der Waals surface area (Å²) < 4.78 is 10.6. The van der Waals surface area contributed by atoms with Crippen LogP contribution in [0.3, 0.4) is 0 Å². The van der Waals surface area contributed by atoms with Crippen molar-refractivity contribution < 1.29 is 14.3 Å². The molecule has 1 aromatic heterocycles. The summed E-state index contributed by atoms with van der Waals surface area (Å²) in [6, 6.07) is 5.93. The number of nitrogens with one attached hydrogen (secondary N) is 1. The molecular formula is C19H24N4O3. The minimum atomic E-state index is -0.119. The average molecular weight is 356 g/mol. The first kappa shape index (κ1) is 18.0. The summed E-state index contributed by atoms with van der Waals surface area (Å²) in [4.78, 5) is 23.1. The average Bonchev–Trinajstić information content (AvgIpc) is 2.66. The number of rotatable bonds is 6. The lowest BCUT2D eigenvalue weighted by molar-refractivity contribution is 0.0940. The van der Waals surface area contributed by atoms with Gasteiger partial charge < -0.3 is 19.7 Å². The van der Waals surface area contributed by atoms with Gasteiger partial charge in [-0.25, -0.2) is 9.97 Å². The van der Waals surface area contributed by atoms with Crippen LogP contribution in [-0.2, 0) is 12.8 Å². The van der Waals surface area contributed by atoms with Crippen LogP contribution in [0.15, 0.2) is 18.2 Å². The lowest BCUT2D eigenvalue weighted by Crippen LogP contribution is -2.35. The number of carbonyl (C=O) groups excluding carboxylic acids is 1. The maximum atomic E-state index is 12.1. The van der Waals surface area contributed by atoms with Crippen LogP contribution in [0.5, 0.6) is 11.5 Å². The van der Waals surface area contributed by atoms with E-state index in [-0.39, 0.29) is 5.91 Å². The van der Waals surface area contributed by atoms with Gasteiger partial charge in [-0.05, 0) is 37.5 Å². The first-order chi connectivity index (χ1) is 12.5. The Morgan fingerprint density at radius 1 is 1.19 bits per heavy atom. The molecule has 3 rings (SSSR count). The van der Waals surface area contributed by atoms with E-state index in [1.54, 1.807) is 14.2 Å². The Kier molecular flexibility index (Phi) is 5.25. The molecule has 1 aliphatic rings. The zero-order valence-corrected chi connectivity index (χ0v) is 15.6. The molecule has 0 fully saturated rings. The summed E-state index contributed by atoms with van der Waals surface area (Å²) in [5.41, 5.74) is 2.57. The molecule has 1 N–H and O–H groups in total. The number of nitrogens with zero attached hydrogens (tertiary/aromatic N) is 3. The van der Waals surface area contributed by atoms with Gasteiger partial charge in [0.1, 0.15) is 17.3 Å². The maximum absolute atomic E-state index is 12.1. The van der Waals surface area contributed by atoms with Gasteiger partial charge in [0.25, 0.3) is 5.91 Å². The molecule has 2 heterocycles. The fourth-order valence-corrected chi connectivity index (χ4v) is 3.14. The molecule has 26 heavy (non-hydrogen) atoms. The van der Waals surface area contributed by atoms with Gasteiger partial charge in [0.2, 0.25) is 0 Å². The van der Waals surface area contributed by atoms with Crippen molar-refractivity contribution in [2.24, 2.45) is 0 Å². The molecule has 1 amide bonds. The molecule has 0 spiro atoms. The molecule has 138 valence electrons. The van der Waals surface area contributed by atoms with Crippen LogP contribution in [0.25, 0.3) is 0 Å². The molecule has 7 heteroatoms. The van der Waals surface area contributed by atoms with Gasteiger partial charge in [0.05, 0.1) is 14.2 Å². The van der Waals surface area contributed by atoms with Gasteiger partial charge in [-0.3, -0.25) is 4.79 Å². The van der Waals surface area contributed by atoms with Gasteiger partial charge in [-0.2, -0.15) is 0 Å². The van der Waals surface area contributed by atoms with Crippen LogP contribution < -0.4 is 19.7 Å². The molecule has 7 nitrogen and oxygen atoms in total. The third-order valence-corrected chi connectivity index (χ3v) is 4.52. The first-order valence-electron chi connectivity index (χ1n) is 8.61. The summed E-state index contributed by atoms with van der Waals surface area (Å²) in [7, 11) is 5.26. The lowest BCUT2D eigenvalue weighted by atomic mass is 10.1. The van der Waals surface area contributed by atoms with Gasteiger partial charge in [0, 0.05) is 25.7 Å². The largest absolute Gasteiger partial charge is 0.493 e. The number of ether oxygens (including phenoxy) is 2. The van der Waals surface area contributed by atoms with Crippen molar-refractivity contribution in [3.8, 4) is 11.5 Å². The highest BCUT2D eigenvalue weighted by Crippen LogP contribution is 2.28. The highest BCUT2D eigenvalue weighted by molar-refractivity contribution is 5.96. The SMILES string of the molecule is COc1ccc(CCN(C)c2nc(C)nc3c2CCNC3=O)cc1OC. The number of carbonyl (C=O) groups is 1. The number of methoxy groups -OCH3 is 2. The molecule has 1 aromatic carbocycles. The van der Waals surface area contributed by atoms with Crippen LogP contribution in [-0.4, -0.2) is 50.2 Å². The van der Waals surface area contributed by atoms with Gasteiger partial charge in [0.15, 0.2) is 11.5 Å². The lowest BCUT2D eigenvalue weighted by Gasteiger charge is -2.25. The van der Waals surface area contributed by atoms with E-state index in [0.717, 1.165) is 47.8 Å². The Balaban J connectivity index is 1.79. The van der Waals surface area contributed by atoms with E-state index in [0.29, 0.717) is 18.1 Å². The predicted octanol–water partition coefficient (Wildman–Crippen LogP) is 1.77. The number of aromatic nitrogens is 2. The fraction of sp³-hybridized carbons (Fsp3) is 0.421. The second kappa shape index (κ2) is 7.59. The number of likely N-dealkylation sites (N-methyl/N-ethyl adjacent to an activating group) is 1.